The number of rotatable bonds is 5. The van der Waals surface area contributed by atoms with Crippen LogP contribution >= 0.6 is 0 Å². The van der Waals surface area contributed by atoms with Gasteiger partial charge in [0, 0.05) is 24.2 Å². The maximum Gasteiger partial charge on any atom is 0.123 e. The number of hydrogen-bond donors (Lipinski definition) is 1. The molecule has 1 N–H and O–H groups in total. The second kappa shape index (κ2) is 5.37. The lowest BCUT2D eigenvalue weighted by atomic mass is 10.2. The van der Waals surface area contributed by atoms with Crippen LogP contribution in [-0.4, -0.2) is 7.11 Å². The second-order valence-corrected chi connectivity index (χ2v) is 3.55. The molecule has 0 amide bonds. The summed E-state index contributed by atoms with van der Waals surface area (Å²) >= 11 is 0. The number of benzene rings is 1. The zero-order chi connectivity index (χ0) is 11.2. The Morgan fingerprint density at radius 1 is 1.19 bits per heavy atom. The maximum atomic E-state index is 5.27. The van der Waals surface area contributed by atoms with Gasteiger partial charge in [0.05, 0.1) is 19.6 Å². The van der Waals surface area contributed by atoms with Gasteiger partial charge in [0.2, 0.25) is 0 Å². The molecule has 0 aliphatic heterocycles. The summed E-state index contributed by atoms with van der Waals surface area (Å²) in [6.07, 6.45) is 3.43. The molecule has 0 aliphatic rings. The van der Waals surface area contributed by atoms with Crippen molar-refractivity contribution in [2.45, 2.75) is 13.1 Å². The van der Waals surface area contributed by atoms with Crippen molar-refractivity contribution in [2.75, 3.05) is 7.11 Å². The van der Waals surface area contributed by atoms with Crippen LogP contribution in [0.4, 0.5) is 0 Å². The summed E-state index contributed by atoms with van der Waals surface area (Å²) in [4.78, 5) is 0. The molecule has 0 unspecified atom stereocenters. The summed E-state index contributed by atoms with van der Waals surface area (Å²) < 4.78 is 10.3. The third kappa shape index (κ3) is 2.64. The predicted octanol–water partition coefficient (Wildman–Crippen LogP) is 2.58. The predicted molar refractivity (Wildman–Crippen MR) is 62.2 cm³/mol. The molecule has 3 nitrogen and oxygen atoms in total. The molecule has 0 bridgehead atoms. The average Bonchev–Trinajstić information content (AvgIpc) is 2.83. The molecule has 0 atom stereocenters. The van der Waals surface area contributed by atoms with Gasteiger partial charge in [0.25, 0.3) is 0 Å². The zero-order valence-electron chi connectivity index (χ0n) is 9.27. The van der Waals surface area contributed by atoms with E-state index < -0.39 is 0 Å². The maximum absolute atomic E-state index is 5.27. The van der Waals surface area contributed by atoms with Gasteiger partial charge in [-0.1, -0.05) is 18.2 Å². The Morgan fingerprint density at radius 3 is 2.81 bits per heavy atom. The van der Waals surface area contributed by atoms with Crippen LogP contribution in [0.3, 0.4) is 0 Å². The summed E-state index contributed by atoms with van der Waals surface area (Å²) in [5, 5.41) is 3.34. The zero-order valence-corrected chi connectivity index (χ0v) is 9.27. The molecule has 2 rings (SSSR count). The van der Waals surface area contributed by atoms with Crippen molar-refractivity contribution in [1.82, 2.24) is 5.32 Å². The highest BCUT2D eigenvalue weighted by Gasteiger charge is 2.00. The normalized spacial score (nSPS) is 10.3. The third-order valence-electron chi connectivity index (χ3n) is 2.42. The number of nitrogens with one attached hydrogen (secondary N) is 1. The van der Waals surface area contributed by atoms with Gasteiger partial charge in [-0.2, -0.15) is 0 Å². The van der Waals surface area contributed by atoms with Crippen molar-refractivity contribution >= 4 is 0 Å². The fourth-order valence-corrected chi connectivity index (χ4v) is 1.58. The molecule has 1 heterocycles. The molecule has 0 saturated carbocycles. The van der Waals surface area contributed by atoms with Crippen LogP contribution in [0, 0.1) is 0 Å². The van der Waals surface area contributed by atoms with Crippen LogP contribution in [-0.2, 0) is 13.1 Å². The van der Waals surface area contributed by atoms with E-state index in [4.69, 9.17) is 9.15 Å². The third-order valence-corrected chi connectivity index (χ3v) is 2.42. The van der Waals surface area contributed by atoms with E-state index in [1.54, 1.807) is 19.6 Å². The van der Waals surface area contributed by atoms with E-state index in [9.17, 15) is 0 Å². The highest BCUT2D eigenvalue weighted by atomic mass is 16.5. The Labute approximate surface area is 95.0 Å². The lowest BCUT2D eigenvalue weighted by Gasteiger charge is -2.08. The van der Waals surface area contributed by atoms with Crippen molar-refractivity contribution in [1.29, 1.82) is 0 Å². The first-order valence-corrected chi connectivity index (χ1v) is 5.24. The van der Waals surface area contributed by atoms with Crippen molar-refractivity contribution in [2.24, 2.45) is 0 Å². The van der Waals surface area contributed by atoms with Crippen molar-refractivity contribution < 1.29 is 9.15 Å². The van der Waals surface area contributed by atoms with Crippen molar-refractivity contribution in [3.63, 3.8) is 0 Å². The summed E-state index contributed by atoms with van der Waals surface area (Å²) in [5.74, 6) is 0.919. The van der Waals surface area contributed by atoms with E-state index in [0.717, 1.165) is 30.0 Å². The topological polar surface area (TPSA) is 34.4 Å². The van der Waals surface area contributed by atoms with E-state index in [2.05, 4.69) is 11.4 Å². The van der Waals surface area contributed by atoms with Gasteiger partial charge in [-0.25, -0.2) is 0 Å². The standard InChI is InChI=1S/C13H15NO2/c1-15-13-5-3-2-4-12(13)9-14-8-11-6-7-16-10-11/h2-7,10,14H,8-9H2,1H3. The van der Waals surface area contributed by atoms with E-state index in [1.165, 1.54) is 0 Å². The van der Waals surface area contributed by atoms with Crippen LogP contribution in [0.1, 0.15) is 11.1 Å². The van der Waals surface area contributed by atoms with Gasteiger partial charge in [-0.15, -0.1) is 0 Å². The monoisotopic (exact) mass is 217 g/mol. The van der Waals surface area contributed by atoms with Crippen LogP contribution in [0.5, 0.6) is 5.75 Å². The molecule has 2 aromatic rings. The molecular weight excluding hydrogens is 202 g/mol. The van der Waals surface area contributed by atoms with Crippen molar-refractivity contribution in [3.05, 3.63) is 54.0 Å². The lowest BCUT2D eigenvalue weighted by molar-refractivity contribution is 0.407. The molecule has 0 radical (unpaired) electrons. The van der Waals surface area contributed by atoms with Crippen LogP contribution in [0.25, 0.3) is 0 Å². The Hall–Kier alpha value is -1.74. The van der Waals surface area contributed by atoms with Crippen LogP contribution in [0.15, 0.2) is 47.3 Å². The van der Waals surface area contributed by atoms with Gasteiger partial charge in [-0.05, 0) is 12.1 Å². The minimum Gasteiger partial charge on any atom is -0.496 e. The summed E-state index contributed by atoms with van der Waals surface area (Å²) in [7, 11) is 1.69. The fraction of sp³-hybridized carbons (Fsp3) is 0.231. The first-order valence-electron chi connectivity index (χ1n) is 5.24. The molecule has 84 valence electrons. The first kappa shape index (κ1) is 10.8. The molecule has 1 aromatic carbocycles. The highest BCUT2D eigenvalue weighted by molar-refractivity contribution is 5.33. The van der Waals surface area contributed by atoms with E-state index in [1.807, 2.05) is 24.3 Å². The molecule has 0 fully saturated rings. The highest BCUT2D eigenvalue weighted by Crippen LogP contribution is 2.16. The van der Waals surface area contributed by atoms with E-state index in [0.29, 0.717) is 0 Å². The van der Waals surface area contributed by atoms with Gasteiger partial charge in [-0.3, -0.25) is 0 Å². The summed E-state index contributed by atoms with van der Waals surface area (Å²) in [6, 6.07) is 9.96. The Balaban J connectivity index is 1.89. The van der Waals surface area contributed by atoms with Crippen LogP contribution < -0.4 is 10.1 Å². The van der Waals surface area contributed by atoms with Gasteiger partial charge >= 0.3 is 0 Å². The van der Waals surface area contributed by atoms with Crippen molar-refractivity contribution in [3.8, 4) is 5.75 Å². The average molecular weight is 217 g/mol. The number of ether oxygens (including phenoxy) is 1. The smallest absolute Gasteiger partial charge is 0.123 e. The Kier molecular flexibility index (Phi) is 3.62. The van der Waals surface area contributed by atoms with Gasteiger partial charge < -0.3 is 14.5 Å². The molecule has 1 aromatic heterocycles. The Morgan fingerprint density at radius 2 is 2.06 bits per heavy atom. The quantitative estimate of drug-likeness (QED) is 0.835. The molecule has 16 heavy (non-hydrogen) atoms. The minimum atomic E-state index is 0.787. The number of para-hydroxylation sites is 1. The SMILES string of the molecule is COc1ccccc1CNCc1ccoc1. The van der Waals surface area contributed by atoms with Crippen LogP contribution in [0.2, 0.25) is 0 Å². The Bertz CT molecular complexity index is 423. The largest absolute Gasteiger partial charge is 0.496 e. The number of hydrogen-bond acceptors (Lipinski definition) is 3. The number of furan rings is 1. The number of methoxy groups -OCH3 is 1. The molecule has 0 spiro atoms. The molecule has 0 aliphatic carbocycles. The lowest BCUT2D eigenvalue weighted by Crippen LogP contribution is -2.12. The summed E-state index contributed by atoms with van der Waals surface area (Å²) in [6.45, 7) is 1.59. The van der Waals surface area contributed by atoms with Gasteiger partial charge in [0.1, 0.15) is 5.75 Å². The molecular formula is C13H15NO2. The second-order valence-electron chi connectivity index (χ2n) is 3.55. The minimum absolute atomic E-state index is 0.787. The van der Waals surface area contributed by atoms with Gasteiger partial charge in [0.15, 0.2) is 0 Å². The van der Waals surface area contributed by atoms with E-state index in [-0.39, 0.29) is 0 Å². The summed E-state index contributed by atoms with van der Waals surface area (Å²) in [5.41, 5.74) is 2.31. The van der Waals surface area contributed by atoms with E-state index >= 15 is 0 Å². The molecule has 0 saturated heterocycles. The first-order chi connectivity index (χ1) is 7.90. The fourth-order valence-electron chi connectivity index (χ4n) is 1.58. The molecule has 3 heteroatoms.